The smallest absolute Gasteiger partial charge is 0.259 e. The van der Waals surface area contributed by atoms with Crippen LogP contribution < -0.4 is 15.8 Å². The average Bonchev–Trinajstić information content (AvgIpc) is 2.43. The van der Waals surface area contributed by atoms with Crippen molar-refractivity contribution in [1.82, 2.24) is 0 Å². The van der Waals surface area contributed by atoms with Gasteiger partial charge in [0.1, 0.15) is 11.5 Å². The number of hydrogen-bond donors (Lipinski definition) is 3. The van der Waals surface area contributed by atoms with E-state index in [1.165, 1.54) is 19.2 Å². The SMILES string of the molecule is COc1ccc(O)c(C(=O)Nc2c(N)cc(C)cc2Br)c1. The number of aromatic hydroxyl groups is 1. The number of carbonyl (C=O) groups excluding carboxylic acids is 1. The molecule has 21 heavy (non-hydrogen) atoms. The van der Waals surface area contributed by atoms with Crippen LogP contribution in [-0.2, 0) is 0 Å². The highest BCUT2D eigenvalue weighted by atomic mass is 79.9. The number of methoxy groups -OCH3 is 1. The summed E-state index contributed by atoms with van der Waals surface area (Å²) in [6.07, 6.45) is 0. The van der Waals surface area contributed by atoms with E-state index in [1.54, 1.807) is 12.1 Å². The molecule has 0 saturated heterocycles. The highest BCUT2D eigenvalue weighted by Gasteiger charge is 2.15. The summed E-state index contributed by atoms with van der Waals surface area (Å²) in [6.45, 7) is 1.90. The van der Waals surface area contributed by atoms with Crippen LogP contribution in [0.25, 0.3) is 0 Å². The molecule has 0 atom stereocenters. The second-order valence-electron chi connectivity index (χ2n) is 4.55. The van der Waals surface area contributed by atoms with Crippen LogP contribution in [0.5, 0.6) is 11.5 Å². The second kappa shape index (κ2) is 6.05. The fourth-order valence-electron chi connectivity index (χ4n) is 1.91. The van der Waals surface area contributed by atoms with Crippen LogP contribution in [0.4, 0.5) is 11.4 Å². The molecule has 2 aromatic rings. The van der Waals surface area contributed by atoms with Crippen molar-refractivity contribution in [2.45, 2.75) is 6.92 Å². The molecule has 0 aliphatic heterocycles. The summed E-state index contributed by atoms with van der Waals surface area (Å²) in [5.41, 5.74) is 7.90. The van der Waals surface area contributed by atoms with Crippen LogP contribution in [0.2, 0.25) is 0 Å². The van der Waals surface area contributed by atoms with Gasteiger partial charge in [0, 0.05) is 4.47 Å². The largest absolute Gasteiger partial charge is 0.507 e. The first kappa shape index (κ1) is 15.2. The molecule has 0 aromatic heterocycles. The Hall–Kier alpha value is -2.21. The normalized spacial score (nSPS) is 10.2. The second-order valence-corrected chi connectivity index (χ2v) is 5.40. The lowest BCUT2D eigenvalue weighted by atomic mass is 10.1. The molecule has 0 heterocycles. The molecule has 110 valence electrons. The molecule has 0 radical (unpaired) electrons. The number of phenols is 1. The monoisotopic (exact) mass is 350 g/mol. The van der Waals surface area contributed by atoms with E-state index in [1.807, 2.05) is 13.0 Å². The number of nitrogens with two attached hydrogens (primary N) is 1. The van der Waals surface area contributed by atoms with Crippen molar-refractivity contribution < 1.29 is 14.6 Å². The first-order chi connectivity index (χ1) is 9.92. The molecule has 0 fully saturated rings. The van der Waals surface area contributed by atoms with Gasteiger partial charge in [0.05, 0.1) is 24.0 Å². The first-order valence-corrected chi connectivity index (χ1v) is 6.95. The van der Waals surface area contributed by atoms with Gasteiger partial charge < -0.3 is 20.9 Å². The maximum absolute atomic E-state index is 12.3. The summed E-state index contributed by atoms with van der Waals surface area (Å²) >= 11 is 3.36. The molecule has 5 nitrogen and oxygen atoms in total. The van der Waals surface area contributed by atoms with E-state index in [2.05, 4.69) is 21.2 Å². The molecular formula is C15H15BrN2O3. The summed E-state index contributed by atoms with van der Waals surface area (Å²) < 4.78 is 5.72. The third kappa shape index (κ3) is 3.28. The molecule has 0 spiro atoms. The predicted molar refractivity (Wildman–Crippen MR) is 85.9 cm³/mol. The van der Waals surface area contributed by atoms with Crippen LogP contribution in [0.3, 0.4) is 0 Å². The number of rotatable bonds is 3. The van der Waals surface area contributed by atoms with E-state index in [0.717, 1.165) is 5.56 Å². The van der Waals surface area contributed by atoms with Gasteiger partial charge in [-0.25, -0.2) is 0 Å². The Kier molecular flexibility index (Phi) is 4.37. The lowest BCUT2D eigenvalue weighted by Gasteiger charge is -2.12. The number of nitrogens with one attached hydrogen (secondary N) is 1. The minimum atomic E-state index is -0.470. The Morgan fingerprint density at radius 2 is 2.05 bits per heavy atom. The lowest BCUT2D eigenvalue weighted by Crippen LogP contribution is -2.14. The zero-order valence-electron chi connectivity index (χ0n) is 11.6. The number of amides is 1. The molecule has 0 saturated carbocycles. The lowest BCUT2D eigenvalue weighted by molar-refractivity contribution is 0.102. The molecular weight excluding hydrogens is 336 g/mol. The molecule has 6 heteroatoms. The van der Waals surface area contributed by atoms with Crippen LogP contribution in [0, 0.1) is 6.92 Å². The first-order valence-electron chi connectivity index (χ1n) is 6.16. The number of aryl methyl sites for hydroxylation is 1. The quantitative estimate of drug-likeness (QED) is 0.741. The Morgan fingerprint density at radius 3 is 2.67 bits per heavy atom. The van der Waals surface area contributed by atoms with Gasteiger partial charge in [-0.3, -0.25) is 4.79 Å². The van der Waals surface area contributed by atoms with E-state index < -0.39 is 5.91 Å². The third-order valence-electron chi connectivity index (χ3n) is 2.95. The Balaban J connectivity index is 2.35. The third-order valence-corrected chi connectivity index (χ3v) is 3.58. The van der Waals surface area contributed by atoms with Crippen LogP contribution in [-0.4, -0.2) is 18.1 Å². The number of nitrogen functional groups attached to an aromatic ring is 1. The average molecular weight is 351 g/mol. The van der Waals surface area contributed by atoms with Crippen molar-refractivity contribution in [3.05, 3.63) is 45.9 Å². The van der Waals surface area contributed by atoms with Crippen molar-refractivity contribution in [2.75, 3.05) is 18.2 Å². The molecule has 0 bridgehead atoms. The molecule has 4 N–H and O–H groups in total. The van der Waals surface area contributed by atoms with Crippen molar-refractivity contribution in [2.24, 2.45) is 0 Å². The molecule has 2 aromatic carbocycles. The number of carbonyl (C=O) groups is 1. The summed E-state index contributed by atoms with van der Waals surface area (Å²) in [4.78, 5) is 12.3. The molecule has 2 rings (SSSR count). The van der Waals surface area contributed by atoms with E-state index in [-0.39, 0.29) is 11.3 Å². The standard InChI is InChI=1S/C15H15BrN2O3/c1-8-5-11(16)14(12(17)6-8)18-15(20)10-7-9(21-2)3-4-13(10)19/h3-7,19H,17H2,1-2H3,(H,18,20). The summed E-state index contributed by atoms with van der Waals surface area (Å²) in [5.74, 6) is -0.119. The van der Waals surface area contributed by atoms with E-state index in [9.17, 15) is 9.90 Å². The molecule has 0 unspecified atom stereocenters. The van der Waals surface area contributed by atoms with Crippen LogP contribution >= 0.6 is 15.9 Å². The predicted octanol–water partition coefficient (Wildman–Crippen LogP) is 3.31. The maximum Gasteiger partial charge on any atom is 0.259 e. The number of phenolic OH excluding ortho intramolecular Hbond substituents is 1. The van der Waals surface area contributed by atoms with Crippen molar-refractivity contribution >= 4 is 33.2 Å². The van der Waals surface area contributed by atoms with E-state index in [0.29, 0.717) is 21.6 Å². The fourth-order valence-corrected chi connectivity index (χ4v) is 2.59. The molecule has 0 aliphatic carbocycles. The highest BCUT2D eigenvalue weighted by molar-refractivity contribution is 9.10. The number of benzene rings is 2. The number of hydrogen-bond acceptors (Lipinski definition) is 4. The highest BCUT2D eigenvalue weighted by Crippen LogP contribution is 2.31. The van der Waals surface area contributed by atoms with Gasteiger partial charge in [-0.05, 0) is 58.7 Å². The van der Waals surface area contributed by atoms with Crippen LogP contribution in [0.15, 0.2) is 34.8 Å². The Bertz CT molecular complexity index is 678. The zero-order valence-corrected chi connectivity index (χ0v) is 13.2. The summed E-state index contributed by atoms with van der Waals surface area (Å²) in [5, 5.41) is 12.5. The summed E-state index contributed by atoms with van der Waals surface area (Å²) in [7, 11) is 1.49. The van der Waals surface area contributed by atoms with E-state index in [4.69, 9.17) is 10.5 Å². The van der Waals surface area contributed by atoms with Crippen molar-refractivity contribution in [1.29, 1.82) is 0 Å². The van der Waals surface area contributed by atoms with Gasteiger partial charge >= 0.3 is 0 Å². The van der Waals surface area contributed by atoms with Gasteiger partial charge in [0.2, 0.25) is 0 Å². The number of halogens is 1. The number of anilines is 2. The fraction of sp³-hybridized carbons (Fsp3) is 0.133. The minimum absolute atomic E-state index is 0.112. The maximum atomic E-state index is 12.3. The zero-order chi connectivity index (χ0) is 15.6. The van der Waals surface area contributed by atoms with Gasteiger partial charge in [0.15, 0.2) is 0 Å². The Labute approximate surface area is 130 Å². The Morgan fingerprint density at radius 1 is 1.33 bits per heavy atom. The van der Waals surface area contributed by atoms with Crippen molar-refractivity contribution in [3.63, 3.8) is 0 Å². The minimum Gasteiger partial charge on any atom is -0.507 e. The van der Waals surface area contributed by atoms with Crippen molar-refractivity contribution in [3.8, 4) is 11.5 Å². The van der Waals surface area contributed by atoms with E-state index >= 15 is 0 Å². The molecule has 0 aliphatic rings. The van der Waals surface area contributed by atoms with Crippen LogP contribution in [0.1, 0.15) is 15.9 Å². The van der Waals surface area contributed by atoms with Gasteiger partial charge in [-0.15, -0.1) is 0 Å². The van der Waals surface area contributed by atoms with Gasteiger partial charge in [-0.2, -0.15) is 0 Å². The topological polar surface area (TPSA) is 84.6 Å². The number of ether oxygens (including phenoxy) is 1. The van der Waals surface area contributed by atoms with Gasteiger partial charge in [-0.1, -0.05) is 0 Å². The summed E-state index contributed by atoms with van der Waals surface area (Å²) in [6, 6.07) is 8.04. The van der Waals surface area contributed by atoms with Gasteiger partial charge in [0.25, 0.3) is 5.91 Å². The molecule has 1 amide bonds.